The van der Waals surface area contributed by atoms with Crippen molar-refractivity contribution in [2.24, 2.45) is 5.92 Å². The van der Waals surface area contributed by atoms with Gasteiger partial charge in [0.05, 0.1) is 0 Å². The van der Waals surface area contributed by atoms with E-state index in [0.717, 1.165) is 28.9 Å². The maximum absolute atomic E-state index is 4.56. The van der Waals surface area contributed by atoms with Gasteiger partial charge in [0.15, 0.2) is 0 Å². The van der Waals surface area contributed by atoms with Crippen LogP contribution in [0.25, 0.3) is 22.5 Å². The quantitative estimate of drug-likeness (QED) is 0.165. The minimum absolute atomic E-state index is 0. The summed E-state index contributed by atoms with van der Waals surface area (Å²) in [5.41, 5.74) is 10.5. The molecule has 0 aliphatic heterocycles. The molecule has 0 saturated heterocycles. The number of benzene rings is 3. The second kappa shape index (κ2) is 14.3. The molecule has 2 heterocycles. The van der Waals surface area contributed by atoms with Gasteiger partial charge in [0.25, 0.3) is 0 Å². The number of pyridine rings is 2. The van der Waals surface area contributed by atoms with Crippen LogP contribution in [-0.4, -0.2) is 9.97 Å². The molecule has 0 bridgehead atoms. The van der Waals surface area contributed by atoms with E-state index in [1.165, 1.54) is 27.8 Å². The minimum Gasteiger partial charge on any atom is -0.305 e. The number of aromatic nitrogens is 2. The van der Waals surface area contributed by atoms with E-state index in [4.69, 9.17) is 0 Å². The molecule has 0 unspecified atom stereocenters. The van der Waals surface area contributed by atoms with E-state index in [9.17, 15) is 0 Å². The molecule has 0 aliphatic carbocycles. The van der Waals surface area contributed by atoms with E-state index >= 15 is 0 Å². The van der Waals surface area contributed by atoms with Crippen LogP contribution in [-0.2, 0) is 31.9 Å². The molecular weight excluding hydrogens is 665 g/mol. The summed E-state index contributed by atoms with van der Waals surface area (Å²) >= 11 is 0. The molecule has 0 fully saturated rings. The Morgan fingerprint density at radius 1 is 0.750 bits per heavy atom. The first-order valence-electron chi connectivity index (χ1n) is 13.7. The van der Waals surface area contributed by atoms with Gasteiger partial charge in [0, 0.05) is 32.5 Å². The smallest absolute Gasteiger partial charge is 0.0195 e. The first-order valence-corrected chi connectivity index (χ1v) is 13.7. The summed E-state index contributed by atoms with van der Waals surface area (Å²) in [4.78, 5) is 8.97. The van der Waals surface area contributed by atoms with Crippen LogP contribution in [0.1, 0.15) is 55.5 Å². The molecule has 3 aromatic carbocycles. The number of rotatable bonds is 6. The fourth-order valence-electron chi connectivity index (χ4n) is 4.59. The second-order valence-corrected chi connectivity index (χ2v) is 11.1. The first-order chi connectivity index (χ1) is 18.7. The number of hydrogen-bond acceptors (Lipinski definition) is 2. The Kier molecular flexibility index (Phi) is 11.1. The van der Waals surface area contributed by atoms with Gasteiger partial charge in [-0.3, -0.25) is 0 Å². The predicted octanol–water partition coefficient (Wildman–Crippen LogP) is 9.24. The molecule has 5 aromatic rings. The van der Waals surface area contributed by atoms with Gasteiger partial charge in [-0.1, -0.05) is 88.7 Å². The van der Waals surface area contributed by atoms with Gasteiger partial charge in [0.2, 0.25) is 0 Å². The zero-order chi connectivity index (χ0) is 27.8. The second-order valence-electron chi connectivity index (χ2n) is 11.1. The van der Waals surface area contributed by atoms with Crippen molar-refractivity contribution in [3.05, 3.63) is 143 Å². The third kappa shape index (κ3) is 8.07. The van der Waals surface area contributed by atoms with Gasteiger partial charge in [-0.15, -0.1) is 70.8 Å². The summed E-state index contributed by atoms with van der Waals surface area (Å²) in [6.45, 7) is 13.2. The van der Waals surface area contributed by atoms with Crippen LogP contribution in [0.3, 0.4) is 0 Å². The van der Waals surface area contributed by atoms with Crippen LogP contribution in [0.4, 0.5) is 0 Å². The third-order valence-electron chi connectivity index (χ3n) is 7.05. The van der Waals surface area contributed by atoms with Gasteiger partial charge in [0.1, 0.15) is 0 Å². The van der Waals surface area contributed by atoms with Gasteiger partial charge < -0.3 is 9.97 Å². The predicted molar refractivity (Wildman–Crippen MR) is 164 cm³/mol. The van der Waals surface area contributed by atoms with Crippen molar-refractivity contribution in [2.45, 2.75) is 53.4 Å². The zero-order valence-corrected chi connectivity index (χ0v) is 26.7. The monoisotopic (exact) mass is 703 g/mol. The number of nitrogens with zero attached hydrogens (tertiary/aromatic N) is 2. The van der Waals surface area contributed by atoms with Gasteiger partial charge >= 0.3 is 0 Å². The fourth-order valence-corrected chi connectivity index (χ4v) is 4.59. The molecule has 0 spiro atoms. The molecule has 207 valence electrons. The van der Waals surface area contributed by atoms with Crippen molar-refractivity contribution in [3.8, 4) is 22.5 Å². The van der Waals surface area contributed by atoms with Crippen LogP contribution in [0.15, 0.2) is 103 Å². The van der Waals surface area contributed by atoms with Crippen LogP contribution in [0.5, 0.6) is 0 Å². The Morgan fingerprint density at radius 2 is 1.50 bits per heavy atom. The van der Waals surface area contributed by atoms with Crippen LogP contribution in [0.2, 0.25) is 0 Å². The molecule has 2 nitrogen and oxygen atoms in total. The summed E-state index contributed by atoms with van der Waals surface area (Å²) < 4.78 is 0. The third-order valence-corrected chi connectivity index (χ3v) is 7.05. The van der Waals surface area contributed by atoms with Gasteiger partial charge in [-0.05, 0) is 53.3 Å². The van der Waals surface area contributed by atoms with Gasteiger partial charge in [-0.25, -0.2) is 0 Å². The minimum atomic E-state index is -0.0418. The van der Waals surface area contributed by atoms with Gasteiger partial charge in [-0.2, -0.15) is 0 Å². The van der Waals surface area contributed by atoms with Crippen molar-refractivity contribution in [1.82, 2.24) is 9.97 Å². The average Bonchev–Trinajstić information content (AvgIpc) is 2.96. The fraction of sp³-hybridized carbons (Fsp3) is 0.243. The summed E-state index contributed by atoms with van der Waals surface area (Å²) in [7, 11) is 0. The Balaban J connectivity index is 0.000000218. The van der Waals surface area contributed by atoms with Crippen molar-refractivity contribution in [3.63, 3.8) is 0 Å². The zero-order valence-electron chi connectivity index (χ0n) is 24.3. The Bertz CT molecular complexity index is 1470. The van der Waals surface area contributed by atoms with Crippen molar-refractivity contribution < 1.29 is 20.1 Å². The summed E-state index contributed by atoms with van der Waals surface area (Å²) in [5.74, 6) is 0.669. The summed E-state index contributed by atoms with van der Waals surface area (Å²) in [6, 6.07) is 37.8. The molecule has 0 N–H and O–H groups in total. The molecule has 0 aliphatic rings. The molecule has 2 aromatic heterocycles. The van der Waals surface area contributed by atoms with Crippen molar-refractivity contribution >= 4 is 0 Å². The van der Waals surface area contributed by atoms with Crippen LogP contribution >= 0.6 is 0 Å². The van der Waals surface area contributed by atoms with Crippen LogP contribution < -0.4 is 0 Å². The van der Waals surface area contributed by atoms with E-state index in [1.54, 1.807) is 0 Å². The first kappa shape index (κ1) is 31.1. The van der Waals surface area contributed by atoms with E-state index in [-0.39, 0.29) is 25.5 Å². The molecule has 0 amide bonds. The van der Waals surface area contributed by atoms with E-state index in [1.807, 2.05) is 42.7 Å². The molecular formula is C37H38IrN2-2. The Labute approximate surface area is 254 Å². The van der Waals surface area contributed by atoms with E-state index in [0.29, 0.717) is 5.92 Å². The van der Waals surface area contributed by atoms with E-state index in [2.05, 4.69) is 124 Å². The summed E-state index contributed by atoms with van der Waals surface area (Å²) in [5, 5.41) is 0. The molecule has 0 atom stereocenters. The van der Waals surface area contributed by atoms with Crippen molar-refractivity contribution in [2.75, 3.05) is 0 Å². The maximum atomic E-state index is 4.56. The molecule has 0 saturated carbocycles. The number of hydrogen-bond donors (Lipinski definition) is 0. The summed E-state index contributed by atoms with van der Waals surface area (Å²) in [6.07, 6.45) is 4.92. The molecule has 40 heavy (non-hydrogen) atoms. The Morgan fingerprint density at radius 3 is 2.12 bits per heavy atom. The normalized spacial score (nSPS) is 10.9. The Hall–Kier alpha value is -3.39. The maximum Gasteiger partial charge on any atom is 0.0195 e. The SMILES string of the molecule is CC(C)(c1ccccc1)c1cc[c-]c(-c2ccccn2)c1.Cc1c[c-]c(-c2cc(C)c(CC(C)C)cn2)cc1.[Ir]. The standard InChI is InChI=1S/C20H18N.C17H20N.Ir/c1-20(2,17-10-4-3-5-11-17)18-12-8-9-16(15-18)19-13-6-7-14-21-19;1-12(2)9-16-11-18-17(10-14(16)4)15-7-5-13(3)6-8-15;/h3-8,10-15H,1-2H3;5-7,10-12H,9H2,1-4H3;/q2*-1;. The molecule has 3 heteroatoms. The van der Waals surface area contributed by atoms with E-state index < -0.39 is 0 Å². The topological polar surface area (TPSA) is 25.8 Å². The average molecular weight is 703 g/mol. The number of aryl methyl sites for hydroxylation is 2. The largest absolute Gasteiger partial charge is 0.305 e. The molecule has 1 radical (unpaired) electrons. The van der Waals surface area contributed by atoms with Crippen LogP contribution in [0, 0.1) is 31.9 Å². The molecule has 5 rings (SSSR count). The van der Waals surface area contributed by atoms with Crippen molar-refractivity contribution in [1.29, 1.82) is 0 Å².